The topological polar surface area (TPSA) is 84.3 Å². The first kappa shape index (κ1) is 15.0. The van der Waals surface area contributed by atoms with Crippen LogP contribution in [0.15, 0.2) is 24.5 Å². The van der Waals surface area contributed by atoms with E-state index in [1.54, 1.807) is 13.2 Å². The Labute approximate surface area is 123 Å². The lowest BCUT2D eigenvalue weighted by Gasteiger charge is -2.18. The number of hydrogen-bond acceptors (Lipinski definition) is 5. The highest BCUT2D eigenvalue weighted by Gasteiger charge is 2.20. The summed E-state index contributed by atoms with van der Waals surface area (Å²) >= 11 is 0. The minimum Gasteiger partial charge on any atom is -0.497 e. The van der Waals surface area contributed by atoms with Crippen LogP contribution in [-0.4, -0.2) is 34.2 Å². The molecule has 0 saturated heterocycles. The summed E-state index contributed by atoms with van der Waals surface area (Å²) in [5.41, 5.74) is 0.738. The Morgan fingerprint density at radius 2 is 2.14 bits per heavy atom. The minimum atomic E-state index is -0.890. The Morgan fingerprint density at radius 3 is 2.76 bits per heavy atom. The van der Waals surface area contributed by atoms with E-state index in [-0.39, 0.29) is 5.92 Å². The summed E-state index contributed by atoms with van der Waals surface area (Å²) in [4.78, 5) is 19.7. The van der Waals surface area contributed by atoms with Crippen molar-refractivity contribution in [2.24, 2.45) is 5.92 Å². The molecule has 0 aliphatic carbocycles. The van der Waals surface area contributed by atoms with Gasteiger partial charge in [-0.2, -0.15) is 0 Å². The van der Waals surface area contributed by atoms with Crippen molar-refractivity contribution in [1.82, 2.24) is 9.97 Å². The normalized spacial score (nSPS) is 12.4. The quantitative estimate of drug-likeness (QED) is 0.850. The number of nitrogens with zero attached hydrogens (tertiary/aromatic N) is 2. The number of anilines is 1. The molecule has 1 atom stereocenters. The van der Waals surface area contributed by atoms with Gasteiger partial charge >= 0.3 is 5.97 Å². The molecule has 2 rings (SSSR count). The van der Waals surface area contributed by atoms with E-state index >= 15 is 0 Å². The zero-order valence-corrected chi connectivity index (χ0v) is 12.3. The maximum atomic E-state index is 11.4. The molecule has 0 fully saturated rings. The molecular weight excluding hydrogens is 270 g/mol. The number of carbonyl (C=O) groups is 1. The number of aliphatic carboxylic acids is 1. The Hall–Kier alpha value is -2.37. The Morgan fingerprint density at radius 1 is 1.38 bits per heavy atom. The first-order chi connectivity index (χ1) is 10.0. The van der Waals surface area contributed by atoms with Crippen molar-refractivity contribution in [3.8, 4) is 5.75 Å². The number of fused-ring (bicyclic) bond motifs is 1. The van der Waals surface area contributed by atoms with Crippen LogP contribution in [-0.2, 0) is 4.79 Å². The van der Waals surface area contributed by atoms with Gasteiger partial charge in [0, 0.05) is 5.39 Å². The number of benzene rings is 1. The third-order valence-corrected chi connectivity index (χ3v) is 3.16. The van der Waals surface area contributed by atoms with Gasteiger partial charge in [0.25, 0.3) is 0 Å². The maximum Gasteiger partial charge on any atom is 0.326 e. The molecule has 2 aromatic rings. The number of aromatic nitrogens is 2. The van der Waals surface area contributed by atoms with E-state index in [9.17, 15) is 9.90 Å². The SMILES string of the molecule is COc1ccc2ncnc(NC(CC(C)C)C(=O)O)c2c1. The second-order valence-corrected chi connectivity index (χ2v) is 5.27. The molecule has 1 heterocycles. The van der Waals surface area contributed by atoms with Crippen molar-refractivity contribution < 1.29 is 14.6 Å². The number of ether oxygens (including phenoxy) is 1. The monoisotopic (exact) mass is 289 g/mol. The van der Waals surface area contributed by atoms with E-state index in [0.29, 0.717) is 18.0 Å². The van der Waals surface area contributed by atoms with Crippen LogP contribution >= 0.6 is 0 Å². The molecule has 0 radical (unpaired) electrons. The molecule has 0 aliphatic heterocycles. The minimum absolute atomic E-state index is 0.265. The Bertz CT molecular complexity index is 643. The summed E-state index contributed by atoms with van der Waals surface area (Å²) in [6.07, 6.45) is 1.94. The molecule has 1 aromatic heterocycles. The molecule has 112 valence electrons. The van der Waals surface area contributed by atoms with Gasteiger partial charge in [-0.05, 0) is 30.5 Å². The fraction of sp³-hybridized carbons (Fsp3) is 0.400. The van der Waals surface area contributed by atoms with Crippen LogP contribution < -0.4 is 10.1 Å². The lowest BCUT2D eigenvalue weighted by molar-refractivity contribution is -0.138. The summed E-state index contributed by atoms with van der Waals surface area (Å²) in [6.45, 7) is 3.97. The van der Waals surface area contributed by atoms with Crippen LogP contribution in [0.25, 0.3) is 10.9 Å². The van der Waals surface area contributed by atoms with Crippen molar-refractivity contribution in [1.29, 1.82) is 0 Å². The van der Waals surface area contributed by atoms with Crippen LogP contribution in [0.2, 0.25) is 0 Å². The zero-order valence-electron chi connectivity index (χ0n) is 12.3. The molecule has 2 N–H and O–H groups in total. The van der Waals surface area contributed by atoms with E-state index in [2.05, 4.69) is 15.3 Å². The predicted octanol–water partition coefficient (Wildman–Crippen LogP) is 2.55. The molecule has 0 spiro atoms. The van der Waals surface area contributed by atoms with Crippen LogP contribution in [0, 0.1) is 5.92 Å². The number of carboxylic acid groups (broad SMARTS) is 1. The number of methoxy groups -OCH3 is 1. The van der Waals surface area contributed by atoms with E-state index < -0.39 is 12.0 Å². The van der Waals surface area contributed by atoms with Crippen molar-refractivity contribution in [3.63, 3.8) is 0 Å². The van der Waals surface area contributed by atoms with Gasteiger partial charge in [-0.3, -0.25) is 0 Å². The van der Waals surface area contributed by atoms with Crippen molar-refractivity contribution in [2.75, 3.05) is 12.4 Å². The molecule has 1 unspecified atom stereocenters. The molecule has 0 saturated carbocycles. The van der Waals surface area contributed by atoms with Crippen molar-refractivity contribution in [2.45, 2.75) is 26.3 Å². The van der Waals surface area contributed by atoms with Crippen LogP contribution in [0.1, 0.15) is 20.3 Å². The summed E-state index contributed by atoms with van der Waals surface area (Å²) in [7, 11) is 1.58. The van der Waals surface area contributed by atoms with Gasteiger partial charge in [-0.1, -0.05) is 13.8 Å². The predicted molar refractivity (Wildman–Crippen MR) is 80.6 cm³/mol. The fourth-order valence-electron chi connectivity index (χ4n) is 2.14. The molecule has 0 aliphatic rings. The molecule has 0 bridgehead atoms. The third-order valence-electron chi connectivity index (χ3n) is 3.16. The highest BCUT2D eigenvalue weighted by atomic mass is 16.5. The summed E-state index contributed by atoms with van der Waals surface area (Å²) < 4.78 is 5.19. The number of rotatable bonds is 6. The average molecular weight is 289 g/mol. The average Bonchev–Trinajstić information content (AvgIpc) is 2.45. The second kappa shape index (κ2) is 6.39. The first-order valence-corrected chi connectivity index (χ1v) is 6.79. The summed E-state index contributed by atoms with van der Waals surface area (Å²) in [5, 5.41) is 13.1. The fourth-order valence-corrected chi connectivity index (χ4v) is 2.14. The molecule has 6 nitrogen and oxygen atoms in total. The van der Waals surface area contributed by atoms with E-state index in [0.717, 1.165) is 10.9 Å². The lowest BCUT2D eigenvalue weighted by atomic mass is 10.0. The van der Waals surface area contributed by atoms with Gasteiger partial charge in [0.15, 0.2) is 0 Å². The largest absolute Gasteiger partial charge is 0.497 e. The van der Waals surface area contributed by atoms with Crippen LogP contribution in [0.5, 0.6) is 5.75 Å². The van der Waals surface area contributed by atoms with Crippen molar-refractivity contribution in [3.05, 3.63) is 24.5 Å². The van der Waals surface area contributed by atoms with Crippen LogP contribution in [0.4, 0.5) is 5.82 Å². The zero-order chi connectivity index (χ0) is 15.4. The summed E-state index contributed by atoms with van der Waals surface area (Å²) in [6, 6.07) is 4.74. The third kappa shape index (κ3) is 3.59. The van der Waals surface area contributed by atoms with Crippen molar-refractivity contribution >= 4 is 22.7 Å². The Balaban J connectivity index is 2.38. The lowest BCUT2D eigenvalue weighted by Crippen LogP contribution is -2.31. The van der Waals surface area contributed by atoms with Gasteiger partial charge in [-0.15, -0.1) is 0 Å². The Kier molecular flexibility index (Phi) is 4.57. The van der Waals surface area contributed by atoms with E-state index in [1.807, 2.05) is 26.0 Å². The van der Waals surface area contributed by atoms with E-state index in [4.69, 9.17) is 4.74 Å². The van der Waals surface area contributed by atoms with Gasteiger partial charge < -0.3 is 15.2 Å². The smallest absolute Gasteiger partial charge is 0.326 e. The molecule has 21 heavy (non-hydrogen) atoms. The van der Waals surface area contributed by atoms with Gasteiger partial charge in [0.1, 0.15) is 23.9 Å². The van der Waals surface area contributed by atoms with Gasteiger partial charge in [0.2, 0.25) is 0 Å². The number of nitrogens with one attached hydrogen (secondary N) is 1. The molecule has 6 heteroatoms. The molecular formula is C15H19N3O3. The number of hydrogen-bond donors (Lipinski definition) is 2. The second-order valence-electron chi connectivity index (χ2n) is 5.27. The molecule has 0 amide bonds. The number of carboxylic acids is 1. The highest BCUT2D eigenvalue weighted by Crippen LogP contribution is 2.25. The maximum absolute atomic E-state index is 11.4. The van der Waals surface area contributed by atoms with Gasteiger partial charge in [0.05, 0.1) is 12.6 Å². The van der Waals surface area contributed by atoms with E-state index in [1.165, 1.54) is 6.33 Å². The van der Waals surface area contributed by atoms with Gasteiger partial charge in [-0.25, -0.2) is 14.8 Å². The van der Waals surface area contributed by atoms with Crippen LogP contribution in [0.3, 0.4) is 0 Å². The standard InChI is InChI=1S/C15H19N3O3/c1-9(2)6-13(15(19)20)18-14-11-7-10(21-3)4-5-12(11)16-8-17-14/h4-5,7-9,13H,6H2,1-3H3,(H,19,20)(H,16,17,18). The highest BCUT2D eigenvalue weighted by molar-refractivity contribution is 5.91. The molecule has 1 aromatic carbocycles. The first-order valence-electron chi connectivity index (χ1n) is 6.79. The summed E-state index contributed by atoms with van der Waals surface area (Å²) in [5.74, 6) is 0.558.